The zero-order valence-electron chi connectivity index (χ0n) is 17.3. The van der Waals surface area contributed by atoms with E-state index in [1.807, 2.05) is 53.4 Å². The predicted molar refractivity (Wildman–Crippen MR) is 117 cm³/mol. The largest absolute Gasteiger partial charge is 0.355 e. The van der Waals surface area contributed by atoms with E-state index in [2.05, 4.69) is 26.1 Å². The number of fused-ring (bicyclic) bond motifs is 1. The second kappa shape index (κ2) is 9.45. The Labute approximate surface area is 178 Å². The third-order valence-electron chi connectivity index (χ3n) is 5.35. The Kier molecular flexibility index (Phi) is 6.96. The number of halogens is 1. The van der Waals surface area contributed by atoms with Crippen molar-refractivity contribution >= 4 is 23.4 Å². The zero-order valence-corrected chi connectivity index (χ0v) is 18.1. The smallest absolute Gasteiger partial charge is 0.254 e. The lowest BCUT2D eigenvalue weighted by molar-refractivity contribution is -0.124. The van der Waals surface area contributed by atoms with Gasteiger partial charge in [-0.2, -0.15) is 0 Å². The lowest BCUT2D eigenvalue weighted by atomic mass is 9.79. The van der Waals surface area contributed by atoms with Gasteiger partial charge in [0.2, 0.25) is 5.91 Å². The van der Waals surface area contributed by atoms with E-state index in [1.54, 1.807) is 0 Å². The number of hydrogen-bond donors (Lipinski definition) is 1. The highest BCUT2D eigenvalue weighted by atomic mass is 35.5. The minimum atomic E-state index is -0.474. The summed E-state index contributed by atoms with van der Waals surface area (Å²) in [4.78, 5) is 28.6. The summed E-state index contributed by atoms with van der Waals surface area (Å²) < 4.78 is 0. The van der Waals surface area contributed by atoms with E-state index in [0.29, 0.717) is 29.6 Å². The van der Waals surface area contributed by atoms with Crippen LogP contribution >= 0.6 is 11.6 Å². The van der Waals surface area contributed by atoms with E-state index >= 15 is 0 Å². The summed E-state index contributed by atoms with van der Waals surface area (Å²) >= 11 is 6.28. The summed E-state index contributed by atoms with van der Waals surface area (Å²) in [6.07, 6.45) is 1.85. The first-order chi connectivity index (χ1) is 13.9. The van der Waals surface area contributed by atoms with Gasteiger partial charge in [0, 0.05) is 23.7 Å². The summed E-state index contributed by atoms with van der Waals surface area (Å²) in [7, 11) is 0. The number of carbonyl (C=O) groups is 2. The minimum Gasteiger partial charge on any atom is -0.355 e. The van der Waals surface area contributed by atoms with Gasteiger partial charge in [-0.1, -0.05) is 69.1 Å². The molecule has 0 saturated heterocycles. The Morgan fingerprint density at radius 2 is 1.93 bits per heavy atom. The van der Waals surface area contributed by atoms with E-state index in [9.17, 15) is 9.59 Å². The highest BCUT2D eigenvalue weighted by Crippen LogP contribution is 2.43. The molecule has 5 heteroatoms. The number of nitrogens with zero attached hydrogens (tertiary/aromatic N) is 1. The molecule has 0 bridgehead atoms. The molecule has 29 heavy (non-hydrogen) atoms. The number of benzene rings is 2. The van der Waals surface area contributed by atoms with Gasteiger partial charge >= 0.3 is 0 Å². The molecular formula is C24H29ClN2O2. The Bertz CT molecular complexity index is 881. The second-order valence-corrected chi connectivity index (χ2v) is 8.49. The molecule has 2 aromatic carbocycles. The zero-order chi connectivity index (χ0) is 21.0. The van der Waals surface area contributed by atoms with Crippen LogP contribution in [-0.2, 0) is 4.79 Å². The fourth-order valence-corrected chi connectivity index (χ4v) is 4.12. The molecule has 2 amide bonds. The minimum absolute atomic E-state index is 0.0214. The summed E-state index contributed by atoms with van der Waals surface area (Å²) in [5.41, 5.74) is 2.30. The maximum Gasteiger partial charge on any atom is 0.254 e. The van der Waals surface area contributed by atoms with Crippen LogP contribution in [0.2, 0.25) is 5.02 Å². The number of unbranched alkanes of at least 4 members (excludes halogenated alkanes) is 1. The van der Waals surface area contributed by atoms with Crippen LogP contribution in [0, 0.1) is 5.92 Å². The molecule has 0 saturated carbocycles. The topological polar surface area (TPSA) is 49.4 Å². The molecule has 3 rings (SSSR count). The van der Waals surface area contributed by atoms with Crippen LogP contribution in [0.25, 0.3) is 0 Å². The van der Waals surface area contributed by atoms with E-state index in [-0.39, 0.29) is 17.9 Å². The fourth-order valence-electron chi connectivity index (χ4n) is 3.93. The number of carbonyl (C=O) groups excluding carboxylic acids is 2. The number of amides is 2. The lowest BCUT2D eigenvalue weighted by Gasteiger charge is -2.42. The van der Waals surface area contributed by atoms with Crippen molar-refractivity contribution in [3.63, 3.8) is 0 Å². The molecule has 1 aliphatic rings. The third kappa shape index (κ3) is 4.64. The highest BCUT2D eigenvalue weighted by Gasteiger charge is 2.43. The SMILES string of the molecule is CCCCN1C(=O)c2ccccc2[C@H](C(=O)NCC(C)C)[C@@H]1c1cccc(Cl)c1. The first kappa shape index (κ1) is 21.4. The van der Waals surface area contributed by atoms with Crippen molar-refractivity contribution in [3.05, 3.63) is 70.2 Å². The van der Waals surface area contributed by atoms with Crippen molar-refractivity contribution in [3.8, 4) is 0 Å². The summed E-state index contributed by atoms with van der Waals surface area (Å²) in [6.45, 7) is 7.45. The maximum atomic E-state index is 13.4. The molecule has 0 fully saturated rings. The molecule has 0 aromatic heterocycles. The average Bonchev–Trinajstić information content (AvgIpc) is 2.71. The van der Waals surface area contributed by atoms with Crippen molar-refractivity contribution in [2.45, 2.75) is 45.6 Å². The van der Waals surface area contributed by atoms with Crippen LogP contribution in [0.4, 0.5) is 0 Å². The van der Waals surface area contributed by atoms with Crippen LogP contribution in [0.15, 0.2) is 48.5 Å². The fraction of sp³-hybridized carbons (Fsp3) is 0.417. The van der Waals surface area contributed by atoms with Gasteiger partial charge < -0.3 is 10.2 Å². The Morgan fingerprint density at radius 3 is 2.62 bits per heavy atom. The van der Waals surface area contributed by atoms with Crippen LogP contribution in [-0.4, -0.2) is 29.8 Å². The van der Waals surface area contributed by atoms with Crippen molar-refractivity contribution in [2.24, 2.45) is 5.92 Å². The molecule has 4 nitrogen and oxygen atoms in total. The molecular weight excluding hydrogens is 384 g/mol. The monoisotopic (exact) mass is 412 g/mol. The van der Waals surface area contributed by atoms with Gasteiger partial charge in [-0.15, -0.1) is 0 Å². The molecule has 2 aromatic rings. The maximum absolute atomic E-state index is 13.4. The quantitative estimate of drug-likeness (QED) is 0.680. The standard InChI is InChI=1S/C24H29ClN2O2/c1-4-5-13-27-22(17-9-8-10-18(25)14-17)21(23(28)26-15-16(2)3)19-11-6-7-12-20(19)24(27)29/h6-12,14,16,21-22H,4-5,13,15H2,1-3H3,(H,26,28)/t21-,22-/m0/s1. The van der Waals surface area contributed by atoms with Gasteiger partial charge in [0.1, 0.15) is 0 Å². The Hall–Kier alpha value is -2.33. The predicted octanol–water partition coefficient (Wildman–Crippen LogP) is 5.19. The van der Waals surface area contributed by atoms with E-state index in [1.165, 1.54) is 0 Å². The van der Waals surface area contributed by atoms with Crippen LogP contribution in [0.1, 0.15) is 67.1 Å². The van der Waals surface area contributed by atoms with Crippen LogP contribution < -0.4 is 5.32 Å². The van der Waals surface area contributed by atoms with Gasteiger partial charge in [-0.05, 0) is 41.7 Å². The Morgan fingerprint density at radius 1 is 1.17 bits per heavy atom. The molecule has 1 N–H and O–H groups in total. The highest BCUT2D eigenvalue weighted by molar-refractivity contribution is 6.30. The second-order valence-electron chi connectivity index (χ2n) is 8.06. The molecule has 0 unspecified atom stereocenters. The van der Waals surface area contributed by atoms with E-state index in [4.69, 9.17) is 11.6 Å². The molecule has 0 radical (unpaired) electrons. The number of hydrogen-bond acceptors (Lipinski definition) is 2. The number of nitrogens with one attached hydrogen (secondary N) is 1. The van der Waals surface area contributed by atoms with Crippen molar-refractivity contribution in [2.75, 3.05) is 13.1 Å². The van der Waals surface area contributed by atoms with Gasteiger partial charge in [0.25, 0.3) is 5.91 Å². The van der Waals surface area contributed by atoms with Gasteiger partial charge in [-0.3, -0.25) is 9.59 Å². The molecule has 0 spiro atoms. The normalized spacial score (nSPS) is 18.7. The van der Waals surface area contributed by atoms with Crippen molar-refractivity contribution in [1.82, 2.24) is 10.2 Å². The molecule has 154 valence electrons. The van der Waals surface area contributed by atoms with E-state index in [0.717, 1.165) is 24.0 Å². The lowest BCUT2D eigenvalue weighted by Crippen LogP contribution is -2.48. The van der Waals surface area contributed by atoms with Gasteiger partial charge in [0.15, 0.2) is 0 Å². The molecule has 1 heterocycles. The van der Waals surface area contributed by atoms with Crippen molar-refractivity contribution in [1.29, 1.82) is 0 Å². The average molecular weight is 413 g/mol. The molecule has 2 atom stereocenters. The van der Waals surface area contributed by atoms with E-state index < -0.39 is 5.92 Å². The van der Waals surface area contributed by atoms with Crippen LogP contribution in [0.3, 0.4) is 0 Å². The Balaban J connectivity index is 2.13. The third-order valence-corrected chi connectivity index (χ3v) is 5.58. The summed E-state index contributed by atoms with van der Waals surface area (Å²) in [5, 5.41) is 3.69. The first-order valence-corrected chi connectivity index (χ1v) is 10.7. The van der Waals surface area contributed by atoms with Gasteiger partial charge in [0.05, 0.1) is 12.0 Å². The first-order valence-electron chi connectivity index (χ1n) is 10.4. The number of rotatable bonds is 7. The van der Waals surface area contributed by atoms with Crippen molar-refractivity contribution < 1.29 is 9.59 Å². The molecule has 1 aliphatic heterocycles. The van der Waals surface area contributed by atoms with Gasteiger partial charge in [-0.25, -0.2) is 0 Å². The summed E-state index contributed by atoms with van der Waals surface area (Å²) in [6, 6.07) is 14.6. The molecule has 0 aliphatic carbocycles. The summed E-state index contributed by atoms with van der Waals surface area (Å²) in [5.74, 6) is -0.199. The van der Waals surface area contributed by atoms with Crippen LogP contribution in [0.5, 0.6) is 0 Å².